The number of carbonyl (C=O) groups excluding carboxylic acids is 1. The van der Waals surface area contributed by atoms with Crippen LogP contribution in [0.5, 0.6) is 0 Å². The number of rotatable bonds is 2. The van der Waals surface area contributed by atoms with E-state index < -0.39 is 0 Å². The highest BCUT2D eigenvalue weighted by atomic mass is 16.2. The fourth-order valence-corrected chi connectivity index (χ4v) is 3.96. The van der Waals surface area contributed by atoms with Gasteiger partial charge in [-0.25, -0.2) is 0 Å². The number of nitrogens with one attached hydrogen (secondary N) is 1. The second-order valence-corrected chi connectivity index (χ2v) is 6.56. The molecule has 0 bridgehead atoms. The fraction of sp³-hybridized carbons (Fsp3) is 0.611. The first kappa shape index (κ1) is 14.6. The Kier molecular flexibility index (Phi) is 4.29. The number of hydrogen-bond acceptors (Lipinski definition) is 2. The largest absolute Gasteiger partial charge is 0.337 e. The van der Waals surface area contributed by atoms with E-state index in [4.69, 9.17) is 0 Å². The molecule has 0 aromatic heterocycles. The summed E-state index contributed by atoms with van der Waals surface area (Å²) in [6.45, 7) is 4.83. The van der Waals surface area contributed by atoms with Gasteiger partial charge in [0.1, 0.15) is 0 Å². The predicted octanol–water partition coefficient (Wildman–Crippen LogP) is 2.71. The summed E-state index contributed by atoms with van der Waals surface area (Å²) in [7, 11) is 0. The first-order valence-electron chi connectivity index (χ1n) is 8.31. The first-order valence-corrected chi connectivity index (χ1v) is 8.31. The van der Waals surface area contributed by atoms with Crippen molar-refractivity contribution >= 4 is 5.91 Å². The average molecular weight is 286 g/mol. The molecule has 1 aromatic carbocycles. The van der Waals surface area contributed by atoms with Gasteiger partial charge in [-0.05, 0) is 25.3 Å². The number of amides is 1. The molecule has 21 heavy (non-hydrogen) atoms. The highest BCUT2D eigenvalue weighted by Crippen LogP contribution is 2.41. The summed E-state index contributed by atoms with van der Waals surface area (Å²) >= 11 is 0. The van der Waals surface area contributed by atoms with Gasteiger partial charge in [0.05, 0.1) is 5.41 Å². The number of hydrogen-bond donors (Lipinski definition) is 1. The molecular weight excluding hydrogens is 260 g/mol. The number of piperazine rings is 1. The van der Waals surface area contributed by atoms with Crippen LogP contribution in [-0.4, -0.2) is 36.5 Å². The Hall–Kier alpha value is -1.35. The summed E-state index contributed by atoms with van der Waals surface area (Å²) in [5, 5.41) is 3.38. The molecule has 2 fully saturated rings. The SMILES string of the molecule is CC1CNCCN1C(=O)C1(c2ccccc2)CCCCC1. The third kappa shape index (κ3) is 2.71. The summed E-state index contributed by atoms with van der Waals surface area (Å²) in [4.78, 5) is 15.5. The van der Waals surface area contributed by atoms with E-state index in [0.29, 0.717) is 11.9 Å². The van der Waals surface area contributed by atoms with Crippen LogP contribution in [0.3, 0.4) is 0 Å². The summed E-state index contributed by atoms with van der Waals surface area (Å²) in [6.07, 6.45) is 5.61. The zero-order valence-electron chi connectivity index (χ0n) is 13.0. The van der Waals surface area contributed by atoms with Gasteiger partial charge in [0, 0.05) is 25.7 Å². The van der Waals surface area contributed by atoms with E-state index in [1.165, 1.54) is 24.8 Å². The van der Waals surface area contributed by atoms with Crippen LogP contribution >= 0.6 is 0 Å². The van der Waals surface area contributed by atoms with Gasteiger partial charge >= 0.3 is 0 Å². The Balaban J connectivity index is 1.93. The molecule has 1 heterocycles. The standard InChI is InChI=1S/C18H26N2O/c1-15-14-19-12-13-20(15)17(21)18(10-6-3-7-11-18)16-8-4-2-5-9-16/h2,4-5,8-9,15,19H,3,6-7,10-14H2,1H3. The molecule has 1 aromatic rings. The van der Waals surface area contributed by atoms with E-state index in [2.05, 4.69) is 41.4 Å². The summed E-state index contributed by atoms with van der Waals surface area (Å²) in [5.74, 6) is 0.363. The maximum atomic E-state index is 13.4. The summed E-state index contributed by atoms with van der Waals surface area (Å²) < 4.78 is 0. The normalized spacial score (nSPS) is 25.6. The number of nitrogens with zero attached hydrogens (tertiary/aromatic N) is 1. The van der Waals surface area contributed by atoms with Crippen LogP contribution in [0.15, 0.2) is 30.3 Å². The van der Waals surface area contributed by atoms with Crippen molar-refractivity contribution in [3.8, 4) is 0 Å². The van der Waals surface area contributed by atoms with Crippen LogP contribution < -0.4 is 5.32 Å². The van der Waals surface area contributed by atoms with E-state index in [9.17, 15) is 4.79 Å². The molecule has 1 aliphatic carbocycles. The van der Waals surface area contributed by atoms with Gasteiger partial charge in [-0.1, -0.05) is 49.6 Å². The fourth-order valence-electron chi connectivity index (χ4n) is 3.96. The van der Waals surface area contributed by atoms with Crippen LogP contribution in [-0.2, 0) is 10.2 Å². The van der Waals surface area contributed by atoms with Crippen molar-refractivity contribution in [3.05, 3.63) is 35.9 Å². The lowest BCUT2D eigenvalue weighted by atomic mass is 9.68. The number of benzene rings is 1. The molecule has 3 rings (SSSR count). The van der Waals surface area contributed by atoms with Crippen molar-refractivity contribution in [2.45, 2.75) is 50.5 Å². The molecule has 0 spiro atoms. The molecule has 114 valence electrons. The molecule has 1 unspecified atom stereocenters. The molecule has 1 amide bonds. The lowest BCUT2D eigenvalue weighted by Crippen LogP contribution is -2.58. The molecular formula is C18H26N2O. The van der Waals surface area contributed by atoms with Gasteiger partial charge in [-0.15, -0.1) is 0 Å². The number of carbonyl (C=O) groups is 1. The van der Waals surface area contributed by atoms with Crippen molar-refractivity contribution < 1.29 is 4.79 Å². The molecule has 0 radical (unpaired) electrons. The minimum atomic E-state index is -0.273. The van der Waals surface area contributed by atoms with Crippen molar-refractivity contribution in [2.24, 2.45) is 0 Å². The molecule has 1 N–H and O–H groups in total. The Labute approximate surface area is 127 Å². The van der Waals surface area contributed by atoms with Crippen LogP contribution in [0.4, 0.5) is 0 Å². The van der Waals surface area contributed by atoms with Crippen LogP contribution in [0.2, 0.25) is 0 Å². The van der Waals surface area contributed by atoms with Gasteiger partial charge in [0.25, 0.3) is 0 Å². The van der Waals surface area contributed by atoms with Gasteiger partial charge in [-0.2, -0.15) is 0 Å². The smallest absolute Gasteiger partial charge is 0.233 e. The highest BCUT2D eigenvalue weighted by Gasteiger charge is 2.44. The van der Waals surface area contributed by atoms with Crippen molar-refractivity contribution in [3.63, 3.8) is 0 Å². The molecule has 2 aliphatic rings. The minimum absolute atomic E-state index is 0.273. The van der Waals surface area contributed by atoms with Crippen molar-refractivity contribution in [1.29, 1.82) is 0 Å². The summed E-state index contributed by atoms with van der Waals surface area (Å²) in [5.41, 5.74) is 0.950. The average Bonchev–Trinajstić information content (AvgIpc) is 2.56. The quantitative estimate of drug-likeness (QED) is 0.906. The maximum absolute atomic E-state index is 13.4. The summed E-state index contributed by atoms with van der Waals surface area (Å²) in [6, 6.07) is 10.8. The topological polar surface area (TPSA) is 32.3 Å². The third-order valence-corrected chi connectivity index (χ3v) is 5.21. The van der Waals surface area contributed by atoms with Crippen LogP contribution in [0.1, 0.15) is 44.6 Å². The monoisotopic (exact) mass is 286 g/mol. The second kappa shape index (κ2) is 6.18. The predicted molar refractivity (Wildman–Crippen MR) is 85.2 cm³/mol. The Morgan fingerprint density at radius 1 is 1.19 bits per heavy atom. The van der Waals surface area contributed by atoms with Gasteiger partial charge in [0.2, 0.25) is 5.91 Å². The van der Waals surface area contributed by atoms with E-state index in [0.717, 1.165) is 32.5 Å². The molecule has 3 heteroatoms. The molecule has 1 saturated heterocycles. The van der Waals surface area contributed by atoms with Crippen molar-refractivity contribution in [2.75, 3.05) is 19.6 Å². The molecule has 3 nitrogen and oxygen atoms in total. The van der Waals surface area contributed by atoms with Gasteiger partial charge in [-0.3, -0.25) is 4.79 Å². The van der Waals surface area contributed by atoms with Gasteiger partial charge in [0.15, 0.2) is 0 Å². The van der Waals surface area contributed by atoms with E-state index >= 15 is 0 Å². The minimum Gasteiger partial charge on any atom is -0.337 e. The second-order valence-electron chi connectivity index (χ2n) is 6.56. The Morgan fingerprint density at radius 2 is 1.90 bits per heavy atom. The maximum Gasteiger partial charge on any atom is 0.233 e. The third-order valence-electron chi connectivity index (χ3n) is 5.21. The molecule has 1 aliphatic heterocycles. The van der Waals surface area contributed by atoms with Crippen LogP contribution in [0.25, 0.3) is 0 Å². The van der Waals surface area contributed by atoms with Crippen LogP contribution in [0, 0.1) is 0 Å². The van der Waals surface area contributed by atoms with E-state index in [-0.39, 0.29) is 5.41 Å². The molecule has 1 saturated carbocycles. The first-order chi connectivity index (χ1) is 10.2. The van der Waals surface area contributed by atoms with E-state index in [1.54, 1.807) is 0 Å². The van der Waals surface area contributed by atoms with Crippen molar-refractivity contribution in [1.82, 2.24) is 10.2 Å². The van der Waals surface area contributed by atoms with E-state index in [1.807, 2.05) is 6.07 Å². The zero-order valence-corrected chi connectivity index (χ0v) is 13.0. The zero-order chi connectivity index (χ0) is 14.7. The lowest BCUT2D eigenvalue weighted by molar-refractivity contribution is -0.141. The Bertz CT molecular complexity index is 479. The lowest BCUT2D eigenvalue weighted by Gasteiger charge is -2.44. The van der Waals surface area contributed by atoms with Gasteiger partial charge < -0.3 is 10.2 Å². The molecule has 1 atom stereocenters. The highest BCUT2D eigenvalue weighted by molar-refractivity contribution is 5.88. The Morgan fingerprint density at radius 3 is 2.57 bits per heavy atom.